The Morgan fingerprint density at radius 3 is 2.35 bits per heavy atom. The molecule has 17 heavy (non-hydrogen) atoms. The lowest BCUT2D eigenvalue weighted by atomic mass is 10.0. The first-order valence-corrected chi connectivity index (χ1v) is 5.83. The zero-order valence-electron chi connectivity index (χ0n) is 10.4. The van der Waals surface area contributed by atoms with Crippen LogP contribution in [0.15, 0.2) is 24.3 Å². The van der Waals surface area contributed by atoms with Gasteiger partial charge in [-0.3, -0.25) is 9.69 Å². The number of likely N-dealkylation sites (N-methyl/N-ethyl adjacent to an activating group) is 1. The van der Waals surface area contributed by atoms with Crippen LogP contribution in [-0.2, 0) is 17.9 Å². The molecule has 1 aliphatic rings. The molecule has 2 rings (SSSR count). The van der Waals surface area contributed by atoms with E-state index < -0.39 is 5.54 Å². The Morgan fingerprint density at radius 1 is 1.41 bits per heavy atom. The zero-order chi connectivity index (χ0) is 12.5. The van der Waals surface area contributed by atoms with Crippen molar-refractivity contribution < 1.29 is 4.79 Å². The monoisotopic (exact) mass is 233 g/mol. The number of primary amides is 1. The minimum absolute atomic E-state index is 0.309. The Labute approximate surface area is 102 Å². The fourth-order valence-electron chi connectivity index (χ4n) is 2.24. The average Bonchev–Trinajstić information content (AvgIpc) is 2.70. The van der Waals surface area contributed by atoms with Gasteiger partial charge in [0.05, 0.1) is 0 Å². The number of nitrogens with one attached hydrogen (secondary N) is 1. The summed E-state index contributed by atoms with van der Waals surface area (Å²) in [7, 11) is 1.77. The summed E-state index contributed by atoms with van der Waals surface area (Å²) in [5.74, 6) is -0.309. The first-order valence-electron chi connectivity index (χ1n) is 5.83. The summed E-state index contributed by atoms with van der Waals surface area (Å²) in [5, 5.41) is 3.02. The van der Waals surface area contributed by atoms with Crippen LogP contribution in [0.3, 0.4) is 0 Å². The number of fused-ring (bicyclic) bond motifs is 1. The number of benzene rings is 1. The Hall–Kier alpha value is -1.39. The maximum absolute atomic E-state index is 11.4. The summed E-state index contributed by atoms with van der Waals surface area (Å²) in [5.41, 5.74) is 7.46. The van der Waals surface area contributed by atoms with Crippen LogP contribution in [-0.4, -0.2) is 29.9 Å². The van der Waals surface area contributed by atoms with E-state index in [2.05, 4.69) is 22.3 Å². The maximum atomic E-state index is 11.4. The predicted octanol–water partition coefficient (Wildman–Crippen LogP) is 0.466. The van der Waals surface area contributed by atoms with E-state index in [9.17, 15) is 4.79 Å². The summed E-state index contributed by atoms with van der Waals surface area (Å²) >= 11 is 0. The Kier molecular flexibility index (Phi) is 3.17. The van der Waals surface area contributed by atoms with E-state index in [0.717, 1.165) is 13.1 Å². The van der Waals surface area contributed by atoms with E-state index in [1.165, 1.54) is 11.1 Å². The van der Waals surface area contributed by atoms with Crippen LogP contribution in [0.1, 0.15) is 18.1 Å². The third kappa shape index (κ3) is 2.33. The second kappa shape index (κ2) is 4.47. The lowest BCUT2D eigenvalue weighted by molar-refractivity contribution is -0.124. The van der Waals surface area contributed by atoms with Gasteiger partial charge in [-0.2, -0.15) is 0 Å². The van der Waals surface area contributed by atoms with Gasteiger partial charge in [0.25, 0.3) is 0 Å². The first kappa shape index (κ1) is 12.1. The highest BCUT2D eigenvalue weighted by Crippen LogP contribution is 2.23. The van der Waals surface area contributed by atoms with Gasteiger partial charge in [0.15, 0.2) is 0 Å². The molecular weight excluding hydrogens is 214 g/mol. The van der Waals surface area contributed by atoms with Gasteiger partial charge < -0.3 is 11.1 Å². The molecule has 1 aliphatic heterocycles. The first-order chi connectivity index (χ1) is 8.05. The van der Waals surface area contributed by atoms with Gasteiger partial charge >= 0.3 is 0 Å². The van der Waals surface area contributed by atoms with Crippen LogP contribution in [0.2, 0.25) is 0 Å². The molecule has 1 atom stereocenters. The SMILES string of the molecule is CNC(C)(CN1Cc2ccccc2C1)C(N)=O. The van der Waals surface area contributed by atoms with Crippen molar-refractivity contribution >= 4 is 5.91 Å². The van der Waals surface area contributed by atoms with Gasteiger partial charge in [-0.1, -0.05) is 24.3 Å². The van der Waals surface area contributed by atoms with E-state index in [-0.39, 0.29) is 5.91 Å². The van der Waals surface area contributed by atoms with Crippen molar-refractivity contribution in [2.24, 2.45) is 5.73 Å². The smallest absolute Gasteiger partial charge is 0.238 e. The second-order valence-electron chi connectivity index (χ2n) is 4.86. The molecule has 3 N–H and O–H groups in total. The molecule has 0 fully saturated rings. The molecule has 1 amide bonds. The number of carbonyl (C=O) groups is 1. The molecule has 1 aromatic carbocycles. The number of amides is 1. The van der Waals surface area contributed by atoms with Crippen molar-refractivity contribution in [3.8, 4) is 0 Å². The van der Waals surface area contributed by atoms with Crippen molar-refractivity contribution in [1.29, 1.82) is 0 Å². The van der Waals surface area contributed by atoms with Crippen molar-refractivity contribution in [2.45, 2.75) is 25.6 Å². The molecule has 0 spiro atoms. The highest BCUT2D eigenvalue weighted by Gasteiger charge is 2.33. The van der Waals surface area contributed by atoms with Gasteiger partial charge in [-0.05, 0) is 25.1 Å². The van der Waals surface area contributed by atoms with Crippen LogP contribution in [0.5, 0.6) is 0 Å². The molecule has 0 aliphatic carbocycles. The Morgan fingerprint density at radius 2 is 1.94 bits per heavy atom. The number of rotatable bonds is 4. The van der Waals surface area contributed by atoms with Gasteiger partial charge in [-0.25, -0.2) is 0 Å². The van der Waals surface area contributed by atoms with Crippen LogP contribution >= 0.6 is 0 Å². The fourth-order valence-corrected chi connectivity index (χ4v) is 2.24. The highest BCUT2D eigenvalue weighted by atomic mass is 16.1. The van der Waals surface area contributed by atoms with E-state index in [1.54, 1.807) is 7.05 Å². The van der Waals surface area contributed by atoms with E-state index in [1.807, 2.05) is 19.1 Å². The highest BCUT2D eigenvalue weighted by molar-refractivity contribution is 5.84. The normalized spacial score (nSPS) is 18.7. The van der Waals surface area contributed by atoms with Crippen molar-refractivity contribution in [1.82, 2.24) is 10.2 Å². The van der Waals surface area contributed by atoms with Crippen LogP contribution in [0, 0.1) is 0 Å². The molecule has 0 saturated carbocycles. The molecule has 1 aromatic rings. The lowest BCUT2D eigenvalue weighted by Crippen LogP contribution is -2.57. The molecule has 0 saturated heterocycles. The molecule has 4 nitrogen and oxygen atoms in total. The van der Waals surface area contributed by atoms with Crippen LogP contribution < -0.4 is 11.1 Å². The average molecular weight is 233 g/mol. The summed E-state index contributed by atoms with van der Waals surface area (Å²) in [6, 6.07) is 8.37. The third-order valence-corrected chi connectivity index (χ3v) is 3.54. The summed E-state index contributed by atoms with van der Waals surface area (Å²) < 4.78 is 0. The number of nitrogens with zero attached hydrogens (tertiary/aromatic N) is 1. The molecule has 1 heterocycles. The number of nitrogens with two attached hydrogens (primary N) is 1. The molecule has 0 radical (unpaired) electrons. The molecule has 1 unspecified atom stereocenters. The summed E-state index contributed by atoms with van der Waals surface area (Å²) in [6.45, 7) is 4.26. The van der Waals surface area contributed by atoms with Gasteiger partial charge in [0, 0.05) is 19.6 Å². The zero-order valence-corrected chi connectivity index (χ0v) is 10.4. The standard InChI is InChI=1S/C13H19N3O/c1-13(15-2,12(14)17)9-16-7-10-5-3-4-6-11(10)8-16/h3-6,15H,7-9H2,1-2H3,(H2,14,17). The number of hydrogen-bond acceptors (Lipinski definition) is 3. The Balaban J connectivity index is 2.07. The largest absolute Gasteiger partial charge is 0.368 e. The molecule has 92 valence electrons. The minimum atomic E-state index is -0.665. The minimum Gasteiger partial charge on any atom is -0.368 e. The number of hydrogen-bond donors (Lipinski definition) is 2. The molecule has 0 aromatic heterocycles. The van der Waals surface area contributed by atoms with Gasteiger partial charge in [-0.15, -0.1) is 0 Å². The third-order valence-electron chi connectivity index (χ3n) is 3.54. The number of carbonyl (C=O) groups excluding carboxylic acids is 1. The van der Waals surface area contributed by atoms with Crippen LogP contribution in [0.4, 0.5) is 0 Å². The van der Waals surface area contributed by atoms with E-state index in [0.29, 0.717) is 6.54 Å². The van der Waals surface area contributed by atoms with Gasteiger partial charge in [0.1, 0.15) is 5.54 Å². The van der Waals surface area contributed by atoms with Crippen molar-refractivity contribution in [3.63, 3.8) is 0 Å². The second-order valence-corrected chi connectivity index (χ2v) is 4.86. The van der Waals surface area contributed by atoms with Crippen molar-refractivity contribution in [2.75, 3.05) is 13.6 Å². The molecule has 0 bridgehead atoms. The fraction of sp³-hybridized carbons (Fsp3) is 0.462. The summed E-state index contributed by atoms with van der Waals surface area (Å²) in [6.07, 6.45) is 0. The molecular formula is C13H19N3O. The topological polar surface area (TPSA) is 58.4 Å². The lowest BCUT2D eigenvalue weighted by Gasteiger charge is -2.30. The summed E-state index contributed by atoms with van der Waals surface area (Å²) in [4.78, 5) is 13.7. The van der Waals surface area contributed by atoms with E-state index >= 15 is 0 Å². The maximum Gasteiger partial charge on any atom is 0.238 e. The predicted molar refractivity (Wildman–Crippen MR) is 67.2 cm³/mol. The van der Waals surface area contributed by atoms with Crippen molar-refractivity contribution in [3.05, 3.63) is 35.4 Å². The van der Waals surface area contributed by atoms with Gasteiger partial charge in [0.2, 0.25) is 5.91 Å². The van der Waals surface area contributed by atoms with Crippen LogP contribution in [0.25, 0.3) is 0 Å². The van der Waals surface area contributed by atoms with E-state index in [4.69, 9.17) is 5.73 Å². The quantitative estimate of drug-likeness (QED) is 0.794. The Bertz CT molecular complexity index is 407. The molecule has 4 heteroatoms.